The molecule has 1 aromatic heterocycles. The van der Waals surface area contributed by atoms with E-state index in [0.29, 0.717) is 17.0 Å². The van der Waals surface area contributed by atoms with Crippen LogP contribution in [0.4, 0.5) is 5.95 Å². The molecule has 0 saturated carbocycles. The molecule has 0 atom stereocenters. The summed E-state index contributed by atoms with van der Waals surface area (Å²) >= 11 is 3.12. The Labute approximate surface area is 104 Å². The molecule has 0 aliphatic carbocycles. The average Bonchev–Trinajstić information content (AvgIpc) is 2.76. The van der Waals surface area contributed by atoms with E-state index in [-0.39, 0.29) is 5.78 Å². The van der Waals surface area contributed by atoms with Crippen LogP contribution in [-0.4, -0.2) is 27.6 Å². The number of nitrogens with zero attached hydrogens (tertiary/aromatic N) is 1. The molecule has 5 heteroatoms. The predicted molar refractivity (Wildman–Crippen MR) is 69.3 cm³/mol. The Balaban J connectivity index is 2.27. The van der Waals surface area contributed by atoms with Crippen LogP contribution < -0.4 is 5.32 Å². The van der Waals surface area contributed by atoms with Gasteiger partial charge in [-0.15, -0.1) is 0 Å². The maximum Gasteiger partial charge on any atom is 0.200 e. The number of nitrogens with one attached hydrogen (secondary N) is 2. The van der Waals surface area contributed by atoms with Gasteiger partial charge in [-0.1, -0.05) is 42.1 Å². The quantitative estimate of drug-likeness (QED) is 0.439. The summed E-state index contributed by atoms with van der Waals surface area (Å²) in [5.74, 6) is 0.701. The molecule has 0 spiro atoms. The van der Waals surface area contributed by atoms with Crippen LogP contribution in [0.1, 0.15) is 43.1 Å². The van der Waals surface area contributed by atoms with Crippen molar-refractivity contribution in [3.05, 3.63) is 11.9 Å². The number of carbonyl (C=O) groups is 1. The lowest BCUT2D eigenvalue weighted by molar-refractivity contribution is 0.101. The second-order valence-electron chi connectivity index (χ2n) is 3.69. The first-order valence-corrected chi connectivity index (χ1v) is 6.78. The maximum absolute atomic E-state index is 11.3. The number of alkyl halides is 1. The molecule has 0 aliphatic rings. The zero-order valence-electron chi connectivity index (χ0n) is 9.55. The van der Waals surface area contributed by atoms with Crippen LogP contribution in [-0.2, 0) is 0 Å². The maximum atomic E-state index is 11.3. The number of ketones is 1. The van der Waals surface area contributed by atoms with Crippen molar-refractivity contribution in [2.45, 2.75) is 32.6 Å². The first kappa shape index (κ1) is 13.2. The minimum atomic E-state index is 0.0199. The summed E-state index contributed by atoms with van der Waals surface area (Å²) in [6, 6.07) is 0. The predicted octanol–water partition coefficient (Wildman–Crippen LogP) is 2.98. The third-order valence-electron chi connectivity index (χ3n) is 2.32. The highest BCUT2D eigenvalue weighted by molar-refractivity contribution is 9.09. The third kappa shape index (κ3) is 4.35. The van der Waals surface area contributed by atoms with Gasteiger partial charge in [-0.3, -0.25) is 4.79 Å². The van der Waals surface area contributed by atoms with E-state index >= 15 is 0 Å². The van der Waals surface area contributed by atoms with Crippen molar-refractivity contribution < 1.29 is 4.79 Å². The fraction of sp³-hybridized carbons (Fsp3) is 0.636. The summed E-state index contributed by atoms with van der Waals surface area (Å²) < 4.78 is 0. The van der Waals surface area contributed by atoms with Crippen molar-refractivity contribution >= 4 is 27.7 Å². The highest BCUT2D eigenvalue weighted by Crippen LogP contribution is 2.05. The van der Waals surface area contributed by atoms with Crippen molar-refractivity contribution in [1.82, 2.24) is 9.97 Å². The van der Waals surface area contributed by atoms with Gasteiger partial charge in [0.1, 0.15) is 5.69 Å². The minimum absolute atomic E-state index is 0.0199. The monoisotopic (exact) mass is 287 g/mol. The summed E-state index contributed by atoms with van der Waals surface area (Å²) in [5.41, 5.74) is 0.549. The molecule has 0 unspecified atom stereocenters. The third-order valence-corrected chi connectivity index (χ3v) is 2.83. The Morgan fingerprint density at radius 3 is 3.00 bits per heavy atom. The van der Waals surface area contributed by atoms with Crippen LogP contribution in [0.3, 0.4) is 0 Å². The number of aromatic nitrogens is 2. The first-order valence-electron chi connectivity index (χ1n) is 5.66. The van der Waals surface area contributed by atoms with Crippen LogP contribution in [0, 0.1) is 0 Å². The Hall–Kier alpha value is -0.840. The van der Waals surface area contributed by atoms with Gasteiger partial charge in [0.05, 0.1) is 11.5 Å². The molecule has 0 aliphatic heterocycles. The topological polar surface area (TPSA) is 57.8 Å². The molecule has 0 saturated heterocycles. The Kier molecular flexibility index (Phi) is 6.15. The van der Waals surface area contributed by atoms with E-state index in [2.05, 4.69) is 38.1 Å². The fourth-order valence-corrected chi connectivity index (χ4v) is 1.69. The van der Waals surface area contributed by atoms with E-state index in [1.807, 2.05) is 0 Å². The first-order chi connectivity index (χ1) is 7.77. The number of halogens is 1. The van der Waals surface area contributed by atoms with Gasteiger partial charge < -0.3 is 10.3 Å². The lowest BCUT2D eigenvalue weighted by Crippen LogP contribution is -2.04. The zero-order chi connectivity index (χ0) is 11.8. The summed E-state index contributed by atoms with van der Waals surface area (Å²) in [4.78, 5) is 18.3. The molecule has 0 bridgehead atoms. The number of rotatable bonds is 8. The SMILES string of the molecule is CCCCCCNc1ncc(C(=O)CBr)[nH]1. The number of hydrogen-bond donors (Lipinski definition) is 2. The molecule has 4 nitrogen and oxygen atoms in total. The van der Waals surface area contributed by atoms with Gasteiger partial charge in [0, 0.05) is 6.54 Å². The molecule has 2 N–H and O–H groups in total. The van der Waals surface area contributed by atoms with Crippen LogP contribution in [0.5, 0.6) is 0 Å². The molecule has 90 valence electrons. The number of Topliss-reactive ketones (excluding diaryl/α,β-unsaturated/α-hetero) is 1. The lowest BCUT2D eigenvalue weighted by Gasteiger charge is -2.01. The molecule has 0 amide bonds. The molecule has 1 aromatic rings. The van der Waals surface area contributed by atoms with Gasteiger partial charge in [-0.2, -0.15) is 0 Å². The van der Waals surface area contributed by atoms with Gasteiger partial charge >= 0.3 is 0 Å². The molecule has 0 aromatic carbocycles. The largest absolute Gasteiger partial charge is 0.356 e. The number of aromatic amines is 1. The zero-order valence-corrected chi connectivity index (χ0v) is 11.1. The molecule has 0 radical (unpaired) electrons. The van der Waals surface area contributed by atoms with Crippen molar-refractivity contribution in [2.75, 3.05) is 17.2 Å². The number of anilines is 1. The van der Waals surface area contributed by atoms with Crippen molar-refractivity contribution in [3.63, 3.8) is 0 Å². The van der Waals surface area contributed by atoms with Gasteiger partial charge in [0.25, 0.3) is 0 Å². The normalized spacial score (nSPS) is 10.4. The second kappa shape index (κ2) is 7.44. The van der Waals surface area contributed by atoms with E-state index in [1.165, 1.54) is 19.3 Å². The summed E-state index contributed by atoms with van der Waals surface area (Å²) in [6.45, 7) is 3.09. The molecule has 1 rings (SSSR count). The Morgan fingerprint density at radius 1 is 1.50 bits per heavy atom. The van der Waals surface area contributed by atoms with E-state index in [1.54, 1.807) is 6.20 Å². The van der Waals surface area contributed by atoms with Gasteiger partial charge in [-0.25, -0.2) is 4.98 Å². The molecule has 16 heavy (non-hydrogen) atoms. The van der Waals surface area contributed by atoms with Crippen molar-refractivity contribution in [2.24, 2.45) is 0 Å². The van der Waals surface area contributed by atoms with E-state index in [4.69, 9.17) is 0 Å². The standard InChI is InChI=1S/C11H18BrN3O/c1-2-3-4-5-6-13-11-14-8-9(15-11)10(16)7-12/h8H,2-7H2,1H3,(H2,13,14,15). The number of unbranched alkanes of at least 4 members (excludes halogenated alkanes) is 3. The summed E-state index contributed by atoms with van der Waals surface area (Å²) in [5, 5.41) is 3.49. The van der Waals surface area contributed by atoms with Crippen molar-refractivity contribution in [3.8, 4) is 0 Å². The van der Waals surface area contributed by atoms with Crippen LogP contribution in [0.25, 0.3) is 0 Å². The van der Waals surface area contributed by atoms with Gasteiger partial charge in [-0.05, 0) is 6.42 Å². The van der Waals surface area contributed by atoms with Crippen LogP contribution in [0.2, 0.25) is 0 Å². The number of carbonyl (C=O) groups excluding carboxylic acids is 1. The number of imidazole rings is 1. The molecular formula is C11H18BrN3O. The van der Waals surface area contributed by atoms with Gasteiger partial charge in [0.2, 0.25) is 5.95 Å². The summed E-state index contributed by atoms with van der Waals surface area (Å²) in [7, 11) is 0. The molecule has 1 heterocycles. The second-order valence-corrected chi connectivity index (χ2v) is 4.25. The Morgan fingerprint density at radius 2 is 2.31 bits per heavy atom. The Bertz CT molecular complexity index is 325. The average molecular weight is 288 g/mol. The molecular weight excluding hydrogens is 270 g/mol. The van der Waals surface area contributed by atoms with E-state index in [0.717, 1.165) is 13.0 Å². The van der Waals surface area contributed by atoms with Crippen molar-refractivity contribution in [1.29, 1.82) is 0 Å². The van der Waals surface area contributed by atoms with Gasteiger partial charge in [0.15, 0.2) is 5.78 Å². The fourth-order valence-electron chi connectivity index (χ4n) is 1.38. The smallest absolute Gasteiger partial charge is 0.200 e. The number of H-pyrrole nitrogens is 1. The number of hydrogen-bond acceptors (Lipinski definition) is 3. The van der Waals surface area contributed by atoms with Crippen LogP contribution >= 0.6 is 15.9 Å². The minimum Gasteiger partial charge on any atom is -0.356 e. The summed E-state index contributed by atoms with van der Waals surface area (Å²) in [6.07, 6.45) is 6.45. The lowest BCUT2D eigenvalue weighted by atomic mass is 10.2. The van der Waals surface area contributed by atoms with E-state index < -0.39 is 0 Å². The highest BCUT2D eigenvalue weighted by Gasteiger charge is 2.07. The van der Waals surface area contributed by atoms with Crippen LogP contribution in [0.15, 0.2) is 6.20 Å². The van der Waals surface area contributed by atoms with E-state index in [9.17, 15) is 4.79 Å². The molecule has 0 fully saturated rings. The highest BCUT2D eigenvalue weighted by atomic mass is 79.9.